The number of hydrogen-bond acceptors (Lipinski definition) is 5. The highest BCUT2D eigenvalue weighted by atomic mass is 16.6. The Kier molecular flexibility index (Phi) is 8.21. The molecule has 7 nitrogen and oxygen atoms in total. The lowest BCUT2D eigenvalue weighted by atomic mass is 10.2. The van der Waals surface area contributed by atoms with Crippen LogP contribution in [-0.4, -0.2) is 66.0 Å². The smallest absolute Gasteiger partial charge is 0.410 e. The van der Waals surface area contributed by atoms with Crippen molar-refractivity contribution in [1.82, 2.24) is 9.80 Å². The number of carbonyl (C=O) groups is 2. The minimum atomic E-state index is -0.579. The predicted molar refractivity (Wildman–Crippen MR) is 94.1 cm³/mol. The Bertz CT molecular complexity index is 542. The van der Waals surface area contributed by atoms with Crippen LogP contribution in [-0.2, 0) is 16.1 Å². The number of aliphatic hydroxyl groups excluding tert-OH is 1. The first-order valence-corrected chi connectivity index (χ1v) is 8.23. The lowest BCUT2D eigenvalue weighted by Gasteiger charge is -2.27. The van der Waals surface area contributed by atoms with Crippen molar-refractivity contribution in [1.29, 1.82) is 0 Å². The SMILES string of the molecule is CN(CCN(CCO)C(=O)OCc1ccccc1)C(=O)OC(C)(C)C. The van der Waals surface area contributed by atoms with E-state index in [-0.39, 0.29) is 32.8 Å². The first-order chi connectivity index (χ1) is 11.7. The molecule has 25 heavy (non-hydrogen) atoms. The van der Waals surface area contributed by atoms with Gasteiger partial charge >= 0.3 is 12.2 Å². The fraction of sp³-hybridized carbons (Fsp3) is 0.556. The molecule has 0 bridgehead atoms. The van der Waals surface area contributed by atoms with Gasteiger partial charge in [-0.2, -0.15) is 0 Å². The molecule has 2 amide bonds. The number of aliphatic hydroxyl groups is 1. The molecule has 1 rings (SSSR count). The summed E-state index contributed by atoms with van der Waals surface area (Å²) in [6, 6.07) is 9.34. The van der Waals surface area contributed by atoms with Crippen LogP contribution in [0.5, 0.6) is 0 Å². The van der Waals surface area contributed by atoms with Gasteiger partial charge in [-0.1, -0.05) is 30.3 Å². The van der Waals surface area contributed by atoms with Crippen LogP contribution in [0, 0.1) is 0 Å². The zero-order valence-corrected chi connectivity index (χ0v) is 15.4. The summed E-state index contributed by atoms with van der Waals surface area (Å²) in [5, 5.41) is 9.14. The van der Waals surface area contributed by atoms with Gasteiger partial charge in [0.15, 0.2) is 0 Å². The topological polar surface area (TPSA) is 79.3 Å². The molecule has 7 heteroatoms. The molecule has 0 radical (unpaired) electrons. The van der Waals surface area contributed by atoms with Gasteiger partial charge in [0.2, 0.25) is 0 Å². The first kappa shape index (κ1) is 20.8. The molecular formula is C18H28N2O5. The van der Waals surface area contributed by atoms with Gasteiger partial charge in [0.1, 0.15) is 12.2 Å². The fourth-order valence-corrected chi connectivity index (χ4v) is 1.93. The maximum absolute atomic E-state index is 12.2. The van der Waals surface area contributed by atoms with E-state index in [1.54, 1.807) is 27.8 Å². The summed E-state index contributed by atoms with van der Waals surface area (Å²) in [6.45, 7) is 5.99. The van der Waals surface area contributed by atoms with Crippen molar-refractivity contribution in [2.24, 2.45) is 0 Å². The molecule has 0 fully saturated rings. The van der Waals surface area contributed by atoms with Gasteiger partial charge in [0.25, 0.3) is 0 Å². The van der Waals surface area contributed by atoms with Gasteiger partial charge in [-0.15, -0.1) is 0 Å². The van der Waals surface area contributed by atoms with Crippen molar-refractivity contribution in [3.63, 3.8) is 0 Å². The second-order valence-electron chi connectivity index (χ2n) is 6.65. The van der Waals surface area contributed by atoms with Crippen LogP contribution in [0.3, 0.4) is 0 Å². The molecule has 0 aliphatic heterocycles. The molecule has 0 spiro atoms. The maximum atomic E-state index is 12.2. The quantitative estimate of drug-likeness (QED) is 0.815. The number of nitrogens with zero attached hydrogens (tertiary/aromatic N) is 2. The third kappa shape index (κ3) is 8.39. The Hall–Kier alpha value is -2.28. The number of likely N-dealkylation sites (N-methyl/N-ethyl adjacent to an activating group) is 1. The van der Waals surface area contributed by atoms with E-state index in [4.69, 9.17) is 14.6 Å². The van der Waals surface area contributed by atoms with E-state index in [1.807, 2.05) is 30.3 Å². The van der Waals surface area contributed by atoms with Crippen LogP contribution in [0.15, 0.2) is 30.3 Å². The standard InChI is InChI=1S/C18H28N2O5/c1-18(2,3)25-16(22)19(4)10-11-20(12-13-21)17(23)24-14-15-8-6-5-7-9-15/h5-9,21H,10-14H2,1-4H3. The Balaban J connectivity index is 2.49. The molecule has 0 aromatic heterocycles. The largest absolute Gasteiger partial charge is 0.445 e. The molecule has 140 valence electrons. The van der Waals surface area contributed by atoms with Gasteiger partial charge in [-0.25, -0.2) is 9.59 Å². The molecule has 0 saturated carbocycles. The van der Waals surface area contributed by atoms with Crippen molar-refractivity contribution in [3.8, 4) is 0 Å². The van der Waals surface area contributed by atoms with E-state index in [9.17, 15) is 9.59 Å². The van der Waals surface area contributed by atoms with Crippen LogP contribution in [0.2, 0.25) is 0 Å². The van der Waals surface area contributed by atoms with Gasteiger partial charge in [-0.05, 0) is 26.3 Å². The highest BCUT2D eigenvalue weighted by Crippen LogP contribution is 2.09. The van der Waals surface area contributed by atoms with E-state index in [1.165, 1.54) is 9.80 Å². The maximum Gasteiger partial charge on any atom is 0.410 e. The normalized spacial score (nSPS) is 10.9. The van der Waals surface area contributed by atoms with Crippen LogP contribution < -0.4 is 0 Å². The van der Waals surface area contributed by atoms with E-state index in [0.717, 1.165) is 5.56 Å². The molecule has 1 aromatic rings. The fourth-order valence-electron chi connectivity index (χ4n) is 1.93. The molecule has 0 atom stereocenters. The molecule has 1 N–H and O–H groups in total. The highest BCUT2D eigenvalue weighted by Gasteiger charge is 2.21. The molecule has 0 saturated heterocycles. The Morgan fingerprint density at radius 2 is 1.68 bits per heavy atom. The van der Waals surface area contributed by atoms with Gasteiger partial charge in [0, 0.05) is 26.7 Å². The van der Waals surface area contributed by atoms with Gasteiger partial charge in [0.05, 0.1) is 6.61 Å². The molecular weight excluding hydrogens is 324 g/mol. The van der Waals surface area contributed by atoms with Crippen molar-refractivity contribution in [2.45, 2.75) is 33.0 Å². The number of carbonyl (C=O) groups excluding carboxylic acids is 2. The van der Waals surface area contributed by atoms with E-state index in [0.29, 0.717) is 0 Å². The van der Waals surface area contributed by atoms with E-state index < -0.39 is 17.8 Å². The van der Waals surface area contributed by atoms with Crippen LogP contribution >= 0.6 is 0 Å². The lowest BCUT2D eigenvalue weighted by molar-refractivity contribution is 0.0271. The summed E-state index contributed by atoms with van der Waals surface area (Å²) in [5.41, 5.74) is 0.302. The van der Waals surface area contributed by atoms with Gasteiger partial charge < -0.3 is 24.4 Å². The summed E-state index contributed by atoms with van der Waals surface area (Å²) >= 11 is 0. The minimum absolute atomic E-state index is 0.135. The molecule has 0 aliphatic carbocycles. The first-order valence-electron chi connectivity index (χ1n) is 8.23. The second-order valence-corrected chi connectivity index (χ2v) is 6.65. The van der Waals surface area contributed by atoms with Crippen LogP contribution in [0.25, 0.3) is 0 Å². The average molecular weight is 352 g/mol. The summed E-state index contributed by atoms with van der Waals surface area (Å²) in [4.78, 5) is 26.9. The lowest BCUT2D eigenvalue weighted by Crippen LogP contribution is -2.42. The van der Waals surface area contributed by atoms with Crippen molar-refractivity contribution in [3.05, 3.63) is 35.9 Å². The number of hydrogen-bond donors (Lipinski definition) is 1. The van der Waals surface area contributed by atoms with Crippen molar-refractivity contribution in [2.75, 3.05) is 33.3 Å². The zero-order chi connectivity index (χ0) is 18.9. The third-order valence-electron chi connectivity index (χ3n) is 3.24. The van der Waals surface area contributed by atoms with Crippen LogP contribution in [0.4, 0.5) is 9.59 Å². The van der Waals surface area contributed by atoms with Crippen molar-refractivity contribution < 1.29 is 24.2 Å². The molecule has 0 heterocycles. The molecule has 1 aromatic carbocycles. The minimum Gasteiger partial charge on any atom is -0.445 e. The summed E-state index contributed by atoms with van der Waals surface area (Å²) < 4.78 is 10.5. The number of rotatable bonds is 7. The third-order valence-corrected chi connectivity index (χ3v) is 3.24. The second kappa shape index (κ2) is 9.88. The predicted octanol–water partition coefficient (Wildman–Crippen LogP) is 2.48. The average Bonchev–Trinajstić information content (AvgIpc) is 2.55. The highest BCUT2D eigenvalue weighted by molar-refractivity contribution is 5.69. The number of amides is 2. The molecule has 0 unspecified atom stereocenters. The van der Waals surface area contributed by atoms with Gasteiger partial charge in [-0.3, -0.25) is 0 Å². The Morgan fingerprint density at radius 1 is 1.04 bits per heavy atom. The zero-order valence-electron chi connectivity index (χ0n) is 15.4. The number of ether oxygens (including phenoxy) is 2. The Morgan fingerprint density at radius 3 is 2.24 bits per heavy atom. The summed E-state index contributed by atoms with van der Waals surface area (Å²) in [5.74, 6) is 0. The van der Waals surface area contributed by atoms with E-state index in [2.05, 4.69) is 0 Å². The Labute approximate surface area is 149 Å². The van der Waals surface area contributed by atoms with E-state index >= 15 is 0 Å². The summed E-state index contributed by atoms with van der Waals surface area (Å²) in [6.07, 6.45) is -0.996. The summed E-state index contributed by atoms with van der Waals surface area (Å²) in [7, 11) is 1.60. The van der Waals surface area contributed by atoms with Crippen LogP contribution in [0.1, 0.15) is 26.3 Å². The van der Waals surface area contributed by atoms with Crippen molar-refractivity contribution >= 4 is 12.2 Å². The monoisotopic (exact) mass is 352 g/mol. The molecule has 0 aliphatic rings. The number of benzene rings is 1.